The summed E-state index contributed by atoms with van der Waals surface area (Å²) in [4.78, 5) is 58.5. The third-order valence-corrected chi connectivity index (χ3v) is 4.61. The molecule has 0 rings (SSSR count). The van der Waals surface area contributed by atoms with Crippen molar-refractivity contribution < 1.29 is 38.4 Å². The third kappa shape index (κ3) is 9.10. The molecule has 12 nitrogen and oxygen atoms in total. The number of hydrogen-bond acceptors (Lipinski definition) is 7. The number of carboxylic acid groups (broad SMARTS) is 2. The predicted octanol–water partition coefficient (Wildman–Crippen LogP) is -2.32. The molecule has 0 aromatic rings. The van der Waals surface area contributed by atoms with Crippen molar-refractivity contribution >= 4 is 39.8 Å². The number of carboxylic acids is 2. The van der Waals surface area contributed by atoms with E-state index in [-0.39, 0.29) is 13.1 Å². The molecule has 0 bridgehead atoms. The van der Waals surface area contributed by atoms with Crippen LogP contribution in [0.2, 0.25) is 0 Å². The predicted molar refractivity (Wildman–Crippen MR) is 94.1 cm³/mol. The Morgan fingerprint density at radius 3 is 2.11 bits per heavy atom. The van der Waals surface area contributed by atoms with Crippen LogP contribution in [-0.4, -0.2) is 85.8 Å². The summed E-state index contributed by atoms with van der Waals surface area (Å²) in [7, 11) is -2.18. The molecule has 0 spiro atoms. The van der Waals surface area contributed by atoms with Gasteiger partial charge in [-0.3, -0.25) is 24.0 Å². The van der Waals surface area contributed by atoms with E-state index in [9.17, 15) is 28.2 Å². The van der Waals surface area contributed by atoms with Crippen molar-refractivity contribution in [3.05, 3.63) is 0 Å². The summed E-state index contributed by atoms with van der Waals surface area (Å²) in [6.07, 6.45) is -0.658. The number of carbonyl (C=O) groups excluding carboxylic acids is 3. The molecule has 27 heavy (non-hydrogen) atoms. The lowest BCUT2D eigenvalue weighted by atomic mass is 10.2. The van der Waals surface area contributed by atoms with Crippen LogP contribution in [-0.2, 0) is 30.0 Å². The maximum Gasteiger partial charge on any atom is 0.322 e. The fourth-order valence-corrected chi connectivity index (χ4v) is 3.08. The number of rotatable bonds is 11. The Kier molecular flexibility index (Phi) is 10.8. The summed E-state index contributed by atoms with van der Waals surface area (Å²) < 4.78 is 12.2. The molecule has 3 atom stereocenters. The molecular formula is C14H24N4O8S. The van der Waals surface area contributed by atoms with Crippen LogP contribution in [0.4, 0.5) is 4.79 Å². The molecule has 0 aliphatic heterocycles. The smallest absolute Gasteiger partial charge is 0.322 e. The highest BCUT2D eigenvalue weighted by Crippen LogP contribution is 2.01. The average molecular weight is 408 g/mol. The van der Waals surface area contributed by atoms with Crippen molar-refractivity contribution in [3.63, 3.8) is 0 Å². The number of nitrogens with one attached hydrogen (secondary N) is 2. The zero-order valence-electron chi connectivity index (χ0n) is 15.0. The van der Waals surface area contributed by atoms with Crippen LogP contribution in [0.1, 0.15) is 20.3 Å². The highest BCUT2D eigenvalue weighted by molar-refractivity contribution is 8.00. The Labute approximate surface area is 157 Å². The minimum Gasteiger partial charge on any atom is -0.480 e. The van der Waals surface area contributed by atoms with Gasteiger partial charge in [0, 0.05) is 13.1 Å². The van der Waals surface area contributed by atoms with Gasteiger partial charge in [0.15, 0.2) is 0 Å². The summed E-state index contributed by atoms with van der Waals surface area (Å²) in [5, 5.41) is 20.7. The van der Waals surface area contributed by atoms with E-state index in [0.29, 0.717) is 0 Å². The number of carbonyl (C=O) groups is 5. The largest absolute Gasteiger partial charge is 0.480 e. The van der Waals surface area contributed by atoms with Gasteiger partial charge in [0.25, 0.3) is 0 Å². The van der Waals surface area contributed by atoms with E-state index < -0.39 is 70.6 Å². The first kappa shape index (κ1) is 24.5. The molecule has 13 heteroatoms. The van der Waals surface area contributed by atoms with Crippen LogP contribution in [0.5, 0.6) is 0 Å². The topological polar surface area (TPSA) is 196 Å². The minimum atomic E-state index is -2.18. The van der Waals surface area contributed by atoms with E-state index in [2.05, 4.69) is 5.32 Å². The standard InChI is InChI=1S/C14H24N4O8S/c1-3-18(4-2)14(25)27(26)7-9(12(22)16-6-11(20)21)17-10(19)5-8(15)13(23)24/h8-9H,3-7,15H2,1-2H3,(H,16,22)(H,17,19)(H,20,21)(H,23,24)/t8-,9+,27+/m0/s1. The van der Waals surface area contributed by atoms with Crippen molar-refractivity contribution in [2.24, 2.45) is 5.73 Å². The number of aliphatic carboxylic acids is 2. The first-order valence-corrected chi connectivity index (χ1v) is 9.29. The van der Waals surface area contributed by atoms with Crippen LogP contribution in [0.25, 0.3) is 0 Å². The van der Waals surface area contributed by atoms with E-state index in [1.807, 2.05) is 5.32 Å². The van der Waals surface area contributed by atoms with Crippen LogP contribution in [0, 0.1) is 0 Å². The summed E-state index contributed by atoms with van der Waals surface area (Å²) in [5.41, 5.74) is 5.23. The summed E-state index contributed by atoms with van der Waals surface area (Å²) in [5.74, 6) is -5.28. The lowest BCUT2D eigenvalue weighted by Gasteiger charge is -2.21. The van der Waals surface area contributed by atoms with Gasteiger partial charge >= 0.3 is 17.2 Å². The Morgan fingerprint density at radius 2 is 1.67 bits per heavy atom. The first-order chi connectivity index (χ1) is 12.5. The summed E-state index contributed by atoms with van der Waals surface area (Å²) in [6.45, 7) is 3.17. The van der Waals surface area contributed by atoms with Crippen molar-refractivity contribution in [2.45, 2.75) is 32.4 Å². The second-order valence-electron chi connectivity index (χ2n) is 5.33. The highest BCUT2D eigenvalue weighted by Gasteiger charge is 2.29. The molecule has 0 heterocycles. The van der Waals surface area contributed by atoms with Gasteiger partial charge in [0.2, 0.25) is 11.8 Å². The van der Waals surface area contributed by atoms with Crippen LogP contribution in [0.3, 0.4) is 0 Å². The van der Waals surface area contributed by atoms with Crippen LogP contribution < -0.4 is 16.4 Å². The second kappa shape index (κ2) is 12.0. The van der Waals surface area contributed by atoms with Gasteiger partial charge in [0.1, 0.15) is 29.4 Å². The van der Waals surface area contributed by atoms with Crippen molar-refractivity contribution in [2.75, 3.05) is 25.4 Å². The van der Waals surface area contributed by atoms with Crippen LogP contribution >= 0.6 is 0 Å². The molecule has 0 saturated heterocycles. The Hall–Kier alpha value is -2.54. The van der Waals surface area contributed by atoms with Gasteiger partial charge < -0.3 is 31.5 Å². The average Bonchev–Trinajstić information content (AvgIpc) is 2.59. The zero-order chi connectivity index (χ0) is 21.1. The van der Waals surface area contributed by atoms with E-state index in [1.54, 1.807) is 13.8 Å². The van der Waals surface area contributed by atoms with Gasteiger partial charge in [-0.25, -0.2) is 4.21 Å². The van der Waals surface area contributed by atoms with Crippen LogP contribution in [0.15, 0.2) is 0 Å². The highest BCUT2D eigenvalue weighted by atomic mass is 32.2. The fraction of sp³-hybridized carbons (Fsp3) is 0.643. The van der Waals surface area contributed by atoms with Gasteiger partial charge in [-0.1, -0.05) is 0 Å². The molecule has 3 amide bonds. The lowest BCUT2D eigenvalue weighted by Crippen LogP contribution is -2.52. The number of amides is 3. The van der Waals surface area contributed by atoms with Gasteiger partial charge in [0.05, 0.1) is 12.2 Å². The molecule has 0 unspecified atom stereocenters. The van der Waals surface area contributed by atoms with Crippen molar-refractivity contribution in [1.82, 2.24) is 15.5 Å². The number of hydrogen-bond donors (Lipinski definition) is 5. The van der Waals surface area contributed by atoms with Gasteiger partial charge in [-0.2, -0.15) is 0 Å². The molecule has 0 saturated carbocycles. The molecular weight excluding hydrogens is 384 g/mol. The van der Waals surface area contributed by atoms with E-state index in [4.69, 9.17) is 15.9 Å². The van der Waals surface area contributed by atoms with Crippen molar-refractivity contribution in [1.29, 1.82) is 0 Å². The third-order valence-electron chi connectivity index (χ3n) is 3.32. The molecule has 0 fully saturated rings. The number of nitrogens with two attached hydrogens (primary N) is 1. The second-order valence-corrected chi connectivity index (χ2v) is 6.70. The zero-order valence-corrected chi connectivity index (χ0v) is 15.8. The summed E-state index contributed by atoms with van der Waals surface area (Å²) >= 11 is 0. The lowest BCUT2D eigenvalue weighted by molar-refractivity contribution is -0.141. The Balaban J connectivity index is 5.17. The first-order valence-electron chi connectivity index (χ1n) is 7.97. The van der Waals surface area contributed by atoms with Gasteiger partial charge in [-0.15, -0.1) is 0 Å². The van der Waals surface area contributed by atoms with Crippen molar-refractivity contribution in [3.8, 4) is 0 Å². The Bertz CT molecular complexity index is 608. The Morgan fingerprint density at radius 1 is 1.11 bits per heavy atom. The summed E-state index contributed by atoms with van der Waals surface area (Å²) in [6, 6.07) is -3.02. The normalized spacial score (nSPS) is 13.7. The fourth-order valence-electron chi connectivity index (χ4n) is 1.86. The van der Waals surface area contributed by atoms with E-state index in [1.165, 1.54) is 4.90 Å². The number of nitrogens with zero attached hydrogens (tertiary/aromatic N) is 1. The molecule has 6 N–H and O–H groups in total. The minimum absolute atomic E-state index is 0.288. The molecule has 0 aliphatic rings. The maximum absolute atomic E-state index is 12.2. The molecule has 0 aliphatic carbocycles. The SMILES string of the molecule is CCN(CC)C(=O)[S@](=O)C[C@@H](NC(=O)C[C@H](N)C(=O)O)C(=O)NCC(=O)O. The quantitative estimate of drug-likeness (QED) is 0.249. The van der Waals surface area contributed by atoms with E-state index in [0.717, 1.165) is 0 Å². The molecule has 154 valence electrons. The maximum atomic E-state index is 12.2. The molecule has 0 aromatic heterocycles. The monoisotopic (exact) mass is 408 g/mol. The molecule has 0 radical (unpaired) electrons. The van der Waals surface area contributed by atoms with E-state index >= 15 is 0 Å². The van der Waals surface area contributed by atoms with Gasteiger partial charge in [-0.05, 0) is 13.8 Å². The molecule has 0 aromatic carbocycles.